The van der Waals surface area contributed by atoms with Crippen molar-refractivity contribution in [3.63, 3.8) is 0 Å². The number of methoxy groups -OCH3 is 1. The van der Waals surface area contributed by atoms with Crippen molar-refractivity contribution in [1.82, 2.24) is 0 Å². The minimum atomic E-state index is -1.42. The Bertz CT molecular complexity index is 708. The molecule has 1 unspecified atom stereocenters. The predicted octanol–water partition coefficient (Wildman–Crippen LogP) is 2.11. The predicted molar refractivity (Wildman–Crippen MR) is 77.8 cm³/mol. The van der Waals surface area contributed by atoms with Crippen molar-refractivity contribution in [2.75, 3.05) is 7.11 Å². The fourth-order valence-corrected chi connectivity index (χ4v) is 2.85. The van der Waals surface area contributed by atoms with Crippen molar-refractivity contribution in [2.24, 2.45) is 0 Å². The largest absolute Gasteiger partial charge is 0.504 e. The van der Waals surface area contributed by atoms with Gasteiger partial charge >= 0.3 is 0 Å². The van der Waals surface area contributed by atoms with E-state index in [4.69, 9.17) is 4.74 Å². The maximum absolute atomic E-state index is 12.4. The minimum absolute atomic E-state index is 0.0364. The minimum Gasteiger partial charge on any atom is -0.504 e. The molecule has 0 saturated heterocycles. The topological polar surface area (TPSA) is 66.8 Å². The third-order valence-electron chi connectivity index (χ3n) is 3.91. The highest BCUT2D eigenvalue weighted by atomic mass is 16.5. The highest BCUT2D eigenvalue weighted by Crippen LogP contribution is 2.34. The Morgan fingerprint density at radius 2 is 2.00 bits per heavy atom. The second-order valence-corrected chi connectivity index (χ2v) is 5.38. The molecule has 0 radical (unpaired) electrons. The van der Waals surface area contributed by atoms with Crippen molar-refractivity contribution in [2.45, 2.75) is 18.4 Å². The quantitative estimate of drug-likeness (QED) is 0.906. The lowest BCUT2D eigenvalue weighted by Gasteiger charge is -2.21. The van der Waals surface area contributed by atoms with Crippen molar-refractivity contribution >= 4 is 5.78 Å². The number of Topliss-reactive ketones (excluding diaryl/α,β-unsaturated/α-hetero) is 1. The first-order chi connectivity index (χ1) is 10.0. The molecule has 0 saturated carbocycles. The molecular weight excluding hydrogens is 268 g/mol. The molecule has 1 aliphatic rings. The van der Waals surface area contributed by atoms with E-state index in [0.29, 0.717) is 17.7 Å². The zero-order valence-electron chi connectivity index (χ0n) is 11.7. The van der Waals surface area contributed by atoms with Gasteiger partial charge in [0.1, 0.15) is 5.60 Å². The number of benzene rings is 2. The number of ketones is 1. The number of ether oxygens (including phenoxy) is 1. The van der Waals surface area contributed by atoms with Gasteiger partial charge in [0.2, 0.25) is 0 Å². The molecule has 0 bridgehead atoms. The molecule has 0 fully saturated rings. The van der Waals surface area contributed by atoms with Gasteiger partial charge in [0.15, 0.2) is 17.3 Å². The number of hydrogen-bond donors (Lipinski definition) is 2. The molecule has 4 nitrogen and oxygen atoms in total. The van der Waals surface area contributed by atoms with Crippen LogP contribution in [0.3, 0.4) is 0 Å². The molecule has 0 amide bonds. The monoisotopic (exact) mass is 284 g/mol. The number of carbonyl (C=O) groups is 1. The van der Waals surface area contributed by atoms with E-state index in [0.717, 1.165) is 11.1 Å². The number of fused-ring (bicyclic) bond motifs is 1. The van der Waals surface area contributed by atoms with Crippen molar-refractivity contribution < 1.29 is 19.7 Å². The fraction of sp³-hybridized carbons (Fsp3) is 0.235. The van der Waals surface area contributed by atoms with E-state index >= 15 is 0 Å². The normalized spacial score (nSPS) is 20.4. The fourth-order valence-electron chi connectivity index (χ4n) is 2.85. The number of phenolic OH excluding ortho intramolecular Hbond substituents is 1. The first-order valence-electron chi connectivity index (χ1n) is 6.74. The number of hydrogen-bond acceptors (Lipinski definition) is 4. The molecular formula is C17H16O4. The average molecular weight is 284 g/mol. The summed E-state index contributed by atoms with van der Waals surface area (Å²) >= 11 is 0. The highest BCUT2D eigenvalue weighted by Gasteiger charge is 2.43. The van der Waals surface area contributed by atoms with Gasteiger partial charge in [-0.1, -0.05) is 30.3 Å². The van der Waals surface area contributed by atoms with E-state index in [2.05, 4.69) is 0 Å². The van der Waals surface area contributed by atoms with E-state index in [1.54, 1.807) is 24.3 Å². The molecule has 0 heterocycles. The molecule has 108 valence electrons. The summed E-state index contributed by atoms with van der Waals surface area (Å²) in [6, 6.07) is 12.1. The highest BCUT2D eigenvalue weighted by molar-refractivity contribution is 6.06. The first kappa shape index (κ1) is 13.6. The van der Waals surface area contributed by atoms with Crippen LogP contribution in [0.1, 0.15) is 21.5 Å². The molecule has 1 aliphatic carbocycles. The van der Waals surface area contributed by atoms with Gasteiger partial charge in [0.25, 0.3) is 0 Å². The molecule has 2 aromatic carbocycles. The van der Waals surface area contributed by atoms with Crippen LogP contribution in [0, 0.1) is 0 Å². The summed E-state index contributed by atoms with van der Waals surface area (Å²) in [6.45, 7) is 0. The Balaban J connectivity index is 1.91. The lowest BCUT2D eigenvalue weighted by Crippen LogP contribution is -2.38. The molecule has 21 heavy (non-hydrogen) atoms. The van der Waals surface area contributed by atoms with Crippen molar-refractivity contribution in [3.05, 3.63) is 59.2 Å². The summed E-state index contributed by atoms with van der Waals surface area (Å²) in [4.78, 5) is 12.4. The maximum atomic E-state index is 12.4. The summed E-state index contributed by atoms with van der Waals surface area (Å²) < 4.78 is 5.06. The van der Waals surface area contributed by atoms with Crippen LogP contribution in [0.2, 0.25) is 0 Å². The number of carbonyl (C=O) groups excluding carboxylic acids is 1. The summed E-state index contributed by atoms with van der Waals surface area (Å²) in [6.07, 6.45) is 0.502. The average Bonchev–Trinajstić information content (AvgIpc) is 2.73. The second-order valence-electron chi connectivity index (χ2n) is 5.38. The van der Waals surface area contributed by atoms with E-state index in [9.17, 15) is 15.0 Å². The van der Waals surface area contributed by atoms with Crippen LogP contribution < -0.4 is 4.74 Å². The van der Waals surface area contributed by atoms with Crippen LogP contribution in [-0.2, 0) is 12.8 Å². The van der Waals surface area contributed by atoms with Crippen LogP contribution in [0.5, 0.6) is 11.5 Å². The van der Waals surface area contributed by atoms with Gasteiger partial charge in [-0.3, -0.25) is 4.79 Å². The molecule has 4 heteroatoms. The summed E-state index contributed by atoms with van der Waals surface area (Å²) in [5.41, 5.74) is 0.779. The zero-order valence-corrected chi connectivity index (χ0v) is 11.7. The summed E-state index contributed by atoms with van der Waals surface area (Å²) in [5, 5.41) is 20.3. The second kappa shape index (κ2) is 4.90. The maximum Gasteiger partial charge on any atom is 0.195 e. The molecule has 0 spiro atoms. The molecule has 3 rings (SSSR count). The van der Waals surface area contributed by atoms with Crippen LogP contribution >= 0.6 is 0 Å². The van der Waals surface area contributed by atoms with Crippen LogP contribution in [0.4, 0.5) is 0 Å². The molecule has 0 aromatic heterocycles. The Hall–Kier alpha value is -2.33. The first-order valence-corrected chi connectivity index (χ1v) is 6.74. The number of aliphatic hydroxyl groups is 1. The van der Waals surface area contributed by atoms with Gasteiger partial charge in [0, 0.05) is 18.4 Å². The van der Waals surface area contributed by atoms with E-state index in [1.807, 2.05) is 12.1 Å². The molecule has 0 aliphatic heterocycles. The van der Waals surface area contributed by atoms with E-state index in [-0.39, 0.29) is 18.0 Å². The summed E-state index contributed by atoms with van der Waals surface area (Å²) in [7, 11) is 1.46. The van der Waals surface area contributed by atoms with Crippen LogP contribution in [0.15, 0.2) is 42.5 Å². The Morgan fingerprint density at radius 3 is 2.71 bits per heavy atom. The van der Waals surface area contributed by atoms with Gasteiger partial charge in [-0.2, -0.15) is 0 Å². The van der Waals surface area contributed by atoms with Gasteiger partial charge in [-0.15, -0.1) is 0 Å². The SMILES string of the molecule is COc1cc(CC2(O)Cc3ccccc3C2=O)ccc1O. The van der Waals surface area contributed by atoms with Gasteiger partial charge in [-0.25, -0.2) is 0 Å². The van der Waals surface area contributed by atoms with Crippen LogP contribution in [-0.4, -0.2) is 28.7 Å². The number of phenols is 1. The van der Waals surface area contributed by atoms with E-state index < -0.39 is 5.60 Å². The Kier molecular flexibility index (Phi) is 3.18. The Morgan fingerprint density at radius 1 is 1.24 bits per heavy atom. The van der Waals surface area contributed by atoms with Crippen LogP contribution in [0.25, 0.3) is 0 Å². The van der Waals surface area contributed by atoms with Crippen molar-refractivity contribution in [1.29, 1.82) is 0 Å². The van der Waals surface area contributed by atoms with Gasteiger partial charge in [0.05, 0.1) is 7.11 Å². The molecule has 1 atom stereocenters. The third-order valence-corrected chi connectivity index (χ3v) is 3.91. The van der Waals surface area contributed by atoms with Crippen molar-refractivity contribution in [3.8, 4) is 11.5 Å². The lowest BCUT2D eigenvalue weighted by atomic mass is 9.90. The standard InChI is InChI=1S/C17H16O4/c1-21-15-8-11(6-7-14(15)18)9-17(20)10-12-4-2-3-5-13(12)16(17)19/h2-8,18,20H,9-10H2,1H3. The zero-order chi connectivity index (χ0) is 15.0. The third kappa shape index (κ3) is 2.28. The van der Waals surface area contributed by atoms with Gasteiger partial charge < -0.3 is 14.9 Å². The van der Waals surface area contributed by atoms with Gasteiger partial charge in [-0.05, 0) is 23.3 Å². The number of aromatic hydroxyl groups is 1. The number of rotatable bonds is 3. The lowest BCUT2D eigenvalue weighted by molar-refractivity contribution is 0.0374. The van der Waals surface area contributed by atoms with E-state index in [1.165, 1.54) is 13.2 Å². The summed E-state index contributed by atoms with van der Waals surface area (Å²) in [5.74, 6) is 0.124. The molecule has 2 aromatic rings. The Labute approximate surface area is 122 Å². The molecule has 2 N–H and O–H groups in total. The smallest absolute Gasteiger partial charge is 0.195 e.